The predicted octanol–water partition coefficient (Wildman–Crippen LogP) is 1.72. The highest BCUT2D eigenvalue weighted by molar-refractivity contribution is 7.99. The molecule has 1 nitrogen and oxygen atoms in total. The summed E-state index contributed by atoms with van der Waals surface area (Å²) in [5.74, 6) is 2.31. The average Bonchev–Trinajstić information content (AvgIpc) is 1.69. The maximum atomic E-state index is 8.90. The summed E-state index contributed by atoms with van der Waals surface area (Å²) in [4.78, 5) is 0. The summed E-state index contributed by atoms with van der Waals surface area (Å²) in [6.45, 7) is 0. The van der Waals surface area contributed by atoms with Crippen molar-refractivity contribution in [2.24, 2.45) is 0 Å². The van der Waals surface area contributed by atoms with Crippen molar-refractivity contribution in [2.75, 3.05) is 11.5 Å². The molecule has 0 amide bonds. The van der Waals surface area contributed by atoms with E-state index >= 15 is 0 Å². The van der Waals surface area contributed by atoms with Gasteiger partial charge in [-0.1, -0.05) is 0 Å². The highest BCUT2D eigenvalue weighted by Crippen LogP contribution is 2.15. The molecular formula is C5H12Cl2OS. The van der Waals surface area contributed by atoms with Gasteiger partial charge in [-0.15, -0.1) is 24.8 Å². The van der Waals surface area contributed by atoms with Crippen LogP contribution in [0.25, 0.3) is 0 Å². The van der Waals surface area contributed by atoms with Gasteiger partial charge in [0.1, 0.15) is 0 Å². The minimum atomic E-state index is 0. The maximum absolute atomic E-state index is 8.90. The van der Waals surface area contributed by atoms with Crippen molar-refractivity contribution >= 4 is 36.6 Å². The van der Waals surface area contributed by atoms with E-state index in [0.717, 1.165) is 24.3 Å². The first-order valence-corrected chi connectivity index (χ1v) is 3.81. The first-order chi connectivity index (χ1) is 3.39. The Morgan fingerprint density at radius 2 is 1.56 bits per heavy atom. The maximum Gasteiger partial charge on any atom is 0.0556 e. The second-order valence-corrected chi connectivity index (χ2v) is 3.07. The topological polar surface area (TPSA) is 20.2 Å². The first kappa shape index (κ1) is 12.6. The van der Waals surface area contributed by atoms with Gasteiger partial charge in [0.05, 0.1) is 6.10 Å². The van der Waals surface area contributed by atoms with Crippen LogP contribution in [-0.4, -0.2) is 22.7 Å². The standard InChI is InChI=1S/C5H10OS.2ClH/c6-5-1-3-7-4-2-5;;/h5-6H,1-4H2;2*1H. The molecule has 1 aliphatic heterocycles. The Labute approximate surface area is 72.4 Å². The predicted molar refractivity (Wildman–Crippen MR) is 47.1 cm³/mol. The Kier molecular flexibility index (Phi) is 9.77. The third-order valence-electron chi connectivity index (χ3n) is 1.19. The lowest BCUT2D eigenvalue weighted by Crippen LogP contribution is -2.13. The molecule has 1 aliphatic rings. The second-order valence-electron chi connectivity index (χ2n) is 1.84. The zero-order valence-corrected chi connectivity index (χ0v) is 7.53. The highest BCUT2D eigenvalue weighted by Gasteiger charge is 2.08. The van der Waals surface area contributed by atoms with Gasteiger partial charge < -0.3 is 5.11 Å². The van der Waals surface area contributed by atoms with Crippen molar-refractivity contribution in [3.05, 3.63) is 0 Å². The van der Waals surface area contributed by atoms with Gasteiger partial charge in [-0.05, 0) is 24.3 Å². The summed E-state index contributed by atoms with van der Waals surface area (Å²) >= 11 is 1.94. The van der Waals surface area contributed by atoms with Crippen LogP contribution < -0.4 is 0 Å². The molecule has 1 fully saturated rings. The molecule has 9 heavy (non-hydrogen) atoms. The largest absolute Gasteiger partial charge is 0.393 e. The molecule has 0 aliphatic carbocycles. The van der Waals surface area contributed by atoms with Gasteiger partial charge in [-0.2, -0.15) is 11.8 Å². The number of hydrogen-bond donors (Lipinski definition) is 1. The quantitative estimate of drug-likeness (QED) is 0.629. The summed E-state index contributed by atoms with van der Waals surface area (Å²) in [5.41, 5.74) is 0. The van der Waals surface area contributed by atoms with Gasteiger partial charge in [-0.25, -0.2) is 0 Å². The van der Waals surface area contributed by atoms with Crippen molar-refractivity contribution in [1.82, 2.24) is 0 Å². The van der Waals surface area contributed by atoms with E-state index in [4.69, 9.17) is 5.11 Å². The van der Waals surface area contributed by atoms with E-state index < -0.39 is 0 Å². The van der Waals surface area contributed by atoms with E-state index in [1.165, 1.54) is 0 Å². The van der Waals surface area contributed by atoms with E-state index in [1.54, 1.807) is 0 Å². The zero-order chi connectivity index (χ0) is 5.11. The van der Waals surface area contributed by atoms with E-state index in [1.807, 2.05) is 11.8 Å². The monoisotopic (exact) mass is 190 g/mol. The number of aliphatic hydroxyl groups is 1. The molecule has 0 unspecified atom stereocenters. The Morgan fingerprint density at radius 3 is 1.78 bits per heavy atom. The number of thioether (sulfide) groups is 1. The highest BCUT2D eigenvalue weighted by atomic mass is 35.5. The van der Waals surface area contributed by atoms with Crippen molar-refractivity contribution in [3.8, 4) is 0 Å². The Balaban J connectivity index is 0. The lowest BCUT2D eigenvalue weighted by molar-refractivity contribution is 0.166. The van der Waals surface area contributed by atoms with Gasteiger partial charge in [0, 0.05) is 0 Å². The summed E-state index contributed by atoms with van der Waals surface area (Å²) in [6.07, 6.45) is 2.02. The fraction of sp³-hybridized carbons (Fsp3) is 1.00. The van der Waals surface area contributed by atoms with Crippen molar-refractivity contribution < 1.29 is 5.11 Å². The van der Waals surface area contributed by atoms with Crippen LogP contribution in [0.5, 0.6) is 0 Å². The fourth-order valence-corrected chi connectivity index (χ4v) is 1.77. The number of hydrogen-bond acceptors (Lipinski definition) is 2. The van der Waals surface area contributed by atoms with Crippen LogP contribution in [0.15, 0.2) is 0 Å². The summed E-state index contributed by atoms with van der Waals surface area (Å²) in [5, 5.41) is 8.90. The molecule has 0 bridgehead atoms. The van der Waals surface area contributed by atoms with Crippen molar-refractivity contribution in [3.63, 3.8) is 0 Å². The Hall–Kier alpha value is 0.890. The number of halogens is 2. The molecule has 0 aromatic heterocycles. The molecule has 4 heteroatoms. The summed E-state index contributed by atoms with van der Waals surface area (Å²) in [7, 11) is 0. The SMILES string of the molecule is Cl.Cl.OC1CCSCC1. The molecule has 0 radical (unpaired) electrons. The molecule has 0 aromatic carbocycles. The van der Waals surface area contributed by atoms with E-state index in [2.05, 4.69) is 0 Å². The Morgan fingerprint density at radius 1 is 1.11 bits per heavy atom. The molecule has 1 N–H and O–H groups in total. The molecule has 0 atom stereocenters. The lowest BCUT2D eigenvalue weighted by Gasteiger charge is -2.14. The number of aliphatic hydroxyl groups excluding tert-OH is 1. The lowest BCUT2D eigenvalue weighted by atomic mass is 10.2. The minimum absolute atomic E-state index is 0. The zero-order valence-electron chi connectivity index (χ0n) is 5.08. The molecule has 0 saturated carbocycles. The van der Waals surface area contributed by atoms with Crippen LogP contribution in [-0.2, 0) is 0 Å². The van der Waals surface area contributed by atoms with Gasteiger partial charge in [0.2, 0.25) is 0 Å². The van der Waals surface area contributed by atoms with E-state index in [9.17, 15) is 0 Å². The van der Waals surface area contributed by atoms with Crippen LogP contribution in [0, 0.1) is 0 Å². The first-order valence-electron chi connectivity index (χ1n) is 2.65. The van der Waals surface area contributed by atoms with E-state index in [-0.39, 0.29) is 30.9 Å². The van der Waals surface area contributed by atoms with Crippen LogP contribution in [0.2, 0.25) is 0 Å². The van der Waals surface area contributed by atoms with Crippen LogP contribution in [0.1, 0.15) is 12.8 Å². The summed E-state index contributed by atoms with van der Waals surface area (Å²) < 4.78 is 0. The van der Waals surface area contributed by atoms with Crippen LogP contribution in [0.4, 0.5) is 0 Å². The normalized spacial score (nSPS) is 19.7. The van der Waals surface area contributed by atoms with Crippen LogP contribution >= 0.6 is 36.6 Å². The average molecular weight is 191 g/mol. The van der Waals surface area contributed by atoms with Crippen LogP contribution in [0.3, 0.4) is 0 Å². The Bertz CT molecular complexity index is 56.9. The third kappa shape index (κ3) is 5.34. The summed E-state index contributed by atoms with van der Waals surface area (Å²) in [6, 6.07) is 0. The molecular weight excluding hydrogens is 179 g/mol. The van der Waals surface area contributed by atoms with Gasteiger partial charge in [0.25, 0.3) is 0 Å². The smallest absolute Gasteiger partial charge is 0.0556 e. The minimum Gasteiger partial charge on any atom is -0.393 e. The molecule has 1 saturated heterocycles. The molecule has 0 aromatic rings. The molecule has 1 heterocycles. The fourth-order valence-electron chi connectivity index (χ4n) is 0.685. The second kappa shape index (κ2) is 7.00. The van der Waals surface area contributed by atoms with Gasteiger partial charge in [-0.3, -0.25) is 0 Å². The van der Waals surface area contributed by atoms with Crippen molar-refractivity contribution in [2.45, 2.75) is 18.9 Å². The number of rotatable bonds is 0. The van der Waals surface area contributed by atoms with Gasteiger partial charge >= 0.3 is 0 Å². The molecule has 0 spiro atoms. The molecule has 58 valence electrons. The van der Waals surface area contributed by atoms with Gasteiger partial charge in [0.15, 0.2) is 0 Å². The van der Waals surface area contributed by atoms with Crippen molar-refractivity contribution in [1.29, 1.82) is 0 Å². The molecule has 1 rings (SSSR count). The van der Waals surface area contributed by atoms with E-state index in [0.29, 0.717) is 0 Å². The third-order valence-corrected chi connectivity index (χ3v) is 2.24.